The van der Waals surface area contributed by atoms with Crippen molar-refractivity contribution >= 4 is 0 Å². The van der Waals surface area contributed by atoms with E-state index in [4.69, 9.17) is 0 Å². The van der Waals surface area contributed by atoms with Crippen molar-refractivity contribution in [3.63, 3.8) is 0 Å². The highest BCUT2D eigenvalue weighted by atomic mass is 15.1. The van der Waals surface area contributed by atoms with Gasteiger partial charge in [0.05, 0.1) is 0 Å². The lowest BCUT2D eigenvalue weighted by molar-refractivity contribution is 0.312. The summed E-state index contributed by atoms with van der Waals surface area (Å²) in [5.41, 5.74) is 2.76. The monoisotopic (exact) mass is 203 g/mol. The van der Waals surface area contributed by atoms with E-state index in [2.05, 4.69) is 36.8 Å². The summed E-state index contributed by atoms with van der Waals surface area (Å²) in [7, 11) is 2.18. The Hall–Kier alpha value is -1.08. The molecule has 0 saturated carbocycles. The lowest BCUT2D eigenvalue weighted by Gasteiger charge is -2.24. The van der Waals surface area contributed by atoms with E-state index in [9.17, 15) is 0 Å². The van der Waals surface area contributed by atoms with Gasteiger partial charge in [0.2, 0.25) is 0 Å². The third-order valence-electron chi connectivity index (χ3n) is 2.72. The standard InChI is InChI=1S/C14H21N/c1-4-6-7-13(5-2)12-14-8-10-15(3)11-9-14/h4-7,12H,2,8-11H2,1,3H3/b6-4-,13-7+. The number of hydrogen-bond donors (Lipinski definition) is 0. The molecule has 0 N–H and O–H groups in total. The fraction of sp³-hybridized carbons (Fsp3) is 0.429. The molecule has 82 valence electrons. The van der Waals surface area contributed by atoms with Crippen LogP contribution in [0, 0.1) is 0 Å². The van der Waals surface area contributed by atoms with Gasteiger partial charge >= 0.3 is 0 Å². The van der Waals surface area contributed by atoms with Gasteiger partial charge in [-0.3, -0.25) is 0 Å². The van der Waals surface area contributed by atoms with E-state index in [0.717, 1.165) is 0 Å². The zero-order valence-electron chi connectivity index (χ0n) is 9.87. The summed E-state index contributed by atoms with van der Waals surface area (Å²) in [5, 5.41) is 0. The fourth-order valence-electron chi connectivity index (χ4n) is 1.67. The molecule has 0 aliphatic carbocycles. The van der Waals surface area contributed by atoms with Crippen LogP contribution in [0.15, 0.2) is 48.1 Å². The SMILES string of the molecule is C=C/C(C=C1CCN(C)CC1)=C\C=C/C. The first kappa shape index (κ1) is 12.0. The Morgan fingerprint density at radius 1 is 1.33 bits per heavy atom. The molecule has 1 heteroatoms. The third-order valence-corrected chi connectivity index (χ3v) is 2.72. The molecule has 1 rings (SSSR count). The van der Waals surface area contributed by atoms with Crippen LogP contribution in [0.5, 0.6) is 0 Å². The molecule has 0 aromatic heterocycles. The van der Waals surface area contributed by atoms with Crippen molar-refractivity contribution in [2.45, 2.75) is 19.8 Å². The molecule has 0 amide bonds. The number of nitrogens with zero attached hydrogens (tertiary/aromatic N) is 1. The smallest absolute Gasteiger partial charge is 0.00158 e. The van der Waals surface area contributed by atoms with Gasteiger partial charge in [0, 0.05) is 13.1 Å². The normalized spacial score (nSPS) is 19.6. The second kappa shape index (κ2) is 6.41. The molecular formula is C14H21N. The van der Waals surface area contributed by atoms with Gasteiger partial charge in [-0.25, -0.2) is 0 Å². The third kappa shape index (κ3) is 4.30. The van der Waals surface area contributed by atoms with Gasteiger partial charge < -0.3 is 4.90 Å². The Morgan fingerprint density at radius 2 is 2.00 bits per heavy atom. The lowest BCUT2D eigenvalue weighted by Crippen LogP contribution is -2.26. The molecule has 0 bridgehead atoms. The Bertz CT molecular complexity index is 284. The second-order valence-electron chi connectivity index (χ2n) is 4.00. The molecule has 1 fully saturated rings. The van der Waals surface area contributed by atoms with Crippen LogP contribution in [-0.4, -0.2) is 25.0 Å². The van der Waals surface area contributed by atoms with Gasteiger partial charge in [0.25, 0.3) is 0 Å². The molecule has 1 heterocycles. The summed E-state index contributed by atoms with van der Waals surface area (Å²) in [6, 6.07) is 0. The first-order chi connectivity index (χ1) is 7.26. The van der Waals surface area contributed by atoms with E-state index in [-0.39, 0.29) is 0 Å². The largest absolute Gasteiger partial charge is 0.306 e. The van der Waals surface area contributed by atoms with E-state index in [1.54, 1.807) is 5.57 Å². The van der Waals surface area contributed by atoms with Gasteiger partial charge in [0.1, 0.15) is 0 Å². The van der Waals surface area contributed by atoms with Crippen LogP contribution in [0.25, 0.3) is 0 Å². The highest BCUT2D eigenvalue weighted by Crippen LogP contribution is 2.17. The summed E-state index contributed by atoms with van der Waals surface area (Å²) in [6.07, 6.45) is 12.8. The summed E-state index contributed by atoms with van der Waals surface area (Å²) < 4.78 is 0. The number of allylic oxidation sites excluding steroid dienone is 6. The topological polar surface area (TPSA) is 3.24 Å². The molecule has 0 atom stereocenters. The van der Waals surface area contributed by atoms with Crippen LogP contribution >= 0.6 is 0 Å². The average Bonchev–Trinajstić information content (AvgIpc) is 2.27. The Balaban J connectivity index is 2.64. The Labute approximate surface area is 93.5 Å². The van der Waals surface area contributed by atoms with Crippen molar-refractivity contribution < 1.29 is 0 Å². The number of rotatable bonds is 3. The zero-order valence-corrected chi connectivity index (χ0v) is 9.87. The summed E-state index contributed by atoms with van der Waals surface area (Å²) in [5.74, 6) is 0. The van der Waals surface area contributed by atoms with Crippen LogP contribution < -0.4 is 0 Å². The van der Waals surface area contributed by atoms with Gasteiger partial charge in [-0.15, -0.1) is 0 Å². The first-order valence-electron chi connectivity index (χ1n) is 5.59. The van der Waals surface area contributed by atoms with E-state index < -0.39 is 0 Å². The maximum Gasteiger partial charge on any atom is 0.00158 e. The molecule has 0 unspecified atom stereocenters. The molecule has 1 nitrogen and oxygen atoms in total. The van der Waals surface area contributed by atoms with Crippen molar-refractivity contribution in [1.82, 2.24) is 4.90 Å². The predicted octanol–water partition coefficient (Wildman–Crippen LogP) is 3.33. The summed E-state index contributed by atoms with van der Waals surface area (Å²) >= 11 is 0. The maximum atomic E-state index is 3.84. The van der Waals surface area contributed by atoms with Crippen LogP contribution in [0.4, 0.5) is 0 Å². The van der Waals surface area contributed by atoms with Crippen LogP contribution in [-0.2, 0) is 0 Å². The Morgan fingerprint density at radius 3 is 2.53 bits per heavy atom. The number of piperidine rings is 1. The van der Waals surface area contributed by atoms with E-state index >= 15 is 0 Å². The second-order valence-corrected chi connectivity index (χ2v) is 4.00. The van der Waals surface area contributed by atoms with Gasteiger partial charge in [-0.2, -0.15) is 0 Å². The Kier molecular flexibility index (Phi) is 5.13. The highest BCUT2D eigenvalue weighted by molar-refractivity contribution is 5.35. The molecule has 15 heavy (non-hydrogen) atoms. The quantitative estimate of drug-likeness (QED) is 0.636. The minimum absolute atomic E-state index is 1.18. The van der Waals surface area contributed by atoms with E-state index in [1.165, 1.54) is 31.5 Å². The van der Waals surface area contributed by atoms with Crippen LogP contribution in [0.1, 0.15) is 19.8 Å². The highest BCUT2D eigenvalue weighted by Gasteiger charge is 2.09. The van der Waals surface area contributed by atoms with Gasteiger partial charge in [0.15, 0.2) is 0 Å². The number of hydrogen-bond acceptors (Lipinski definition) is 1. The van der Waals surface area contributed by atoms with Gasteiger partial charge in [-0.05, 0) is 32.4 Å². The average molecular weight is 203 g/mol. The minimum Gasteiger partial charge on any atom is -0.306 e. The van der Waals surface area contributed by atoms with Crippen molar-refractivity contribution in [2.75, 3.05) is 20.1 Å². The first-order valence-corrected chi connectivity index (χ1v) is 5.59. The van der Waals surface area contributed by atoms with Crippen molar-refractivity contribution in [3.05, 3.63) is 48.1 Å². The molecule has 0 aromatic rings. The lowest BCUT2D eigenvalue weighted by atomic mass is 10.0. The zero-order chi connectivity index (χ0) is 11.1. The molecule has 0 radical (unpaired) electrons. The predicted molar refractivity (Wildman–Crippen MR) is 67.9 cm³/mol. The fourth-order valence-corrected chi connectivity index (χ4v) is 1.67. The summed E-state index contributed by atoms with van der Waals surface area (Å²) in [6.45, 7) is 8.23. The molecule has 0 aromatic carbocycles. The minimum atomic E-state index is 1.18. The molecular weight excluding hydrogens is 182 g/mol. The maximum absolute atomic E-state index is 3.84. The molecule has 0 spiro atoms. The van der Waals surface area contributed by atoms with Crippen LogP contribution in [0.2, 0.25) is 0 Å². The van der Waals surface area contributed by atoms with Crippen molar-refractivity contribution in [1.29, 1.82) is 0 Å². The van der Waals surface area contributed by atoms with Crippen LogP contribution in [0.3, 0.4) is 0 Å². The van der Waals surface area contributed by atoms with Crippen molar-refractivity contribution in [3.8, 4) is 0 Å². The molecule has 1 aliphatic heterocycles. The molecule has 1 saturated heterocycles. The van der Waals surface area contributed by atoms with E-state index in [0.29, 0.717) is 0 Å². The summed E-state index contributed by atoms with van der Waals surface area (Å²) in [4.78, 5) is 2.38. The number of likely N-dealkylation sites (tertiary alicyclic amines) is 1. The molecule has 1 aliphatic rings. The van der Waals surface area contributed by atoms with Gasteiger partial charge in [-0.1, -0.05) is 42.5 Å². The van der Waals surface area contributed by atoms with Crippen molar-refractivity contribution in [2.24, 2.45) is 0 Å². The van der Waals surface area contributed by atoms with E-state index in [1.807, 2.05) is 19.1 Å².